The Hall–Kier alpha value is -2.62. The third-order valence-corrected chi connectivity index (χ3v) is 2.94. The van der Waals surface area contributed by atoms with Crippen LogP contribution >= 0.6 is 0 Å². The van der Waals surface area contributed by atoms with Crippen molar-refractivity contribution < 1.29 is 4.79 Å². The Morgan fingerprint density at radius 3 is 2.68 bits per heavy atom. The lowest BCUT2D eigenvalue weighted by Gasteiger charge is -2.01. The molecule has 0 aliphatic rings. The van der Waals surface area contributed by atoms with Crippen LogP contribution in [0.25, 0.3) is 5.65 Å². The number of anilines is 1. The zero-order valence-corrected chi connectivity index (χ0v) is 10.5. The van der Waals surface area contributed by atoms with E-state index >= 15 is 0 Å². The average molecular weight is 251 g/mol. The molecule has 0 radical (unpaired) electrons. The number of benzene rings is 1. The molecule has 0 aliphatic carbocycles. The molecule has 0 spiro atoms. The van der Waals surface area contributed by atoms with E-state index in [-0.39, 0.29) is 5.91 Å². The standard InChI is InChI=1S/C15H13N3O/c1-11-6-5-9-18-10-13(17-14(11)18)15(19)16-12-7-3-2-4-8-12/h2-10H,1H3,(H,16,19). The molecule has 19 heavy (non-hydrogen) atoms. The largest absolute Gasteiger partial charge is 0.321 e. The van der Waals surface area contributed by atoms with Crippen molar-refractivity contribution in [1.82, 2.24) is 9.38 Å². The van der Waals surface area contributed by atoms with Gasteiger partial charge in [-0.15, -0.1) is 0 Å². The molecule has 0 aliphatic heterocycles. The first kappa shape index (κ1) is 11.5. The van der Waals surface area contributed by atoms with E-state index in [1.807, 2.05) is 60.0 Å². The highest BCUT2D eigenvalue weighted by atomic mass is 16.1. The van der Waals surface area contributed by atoms with Crippen LogP contribution in [0.15, 0.2) is 54.9 Å². The molecule has 3 rings (SSSR count). The highest BCUT2D eigenvalue weighted by molar-refractivity contribution is 6.03. The summed E-state index contributed by atoms with van der Waals surface area (Å²) in [5, 5.41) is 2.82. The highest BCUT2D eigenvalue weighted by Gasteiger charge is 2.11. The van der Waals surface area contributed by atoms with Crippen molar-refractivity contribution in [2.75, 3.05) is 5.32 Å². The van der Waals surface area contributed by atoms with Gasteiger partial charge >= 0.3 is 0 Å². The van der Waals surface area contributed by atoms with Gasteiger partial charge in [-0.25, -0.2) is 4.98 Å². The number of imidazole rings is 1. The number of nitrogens with zero attached hydrogens (tertiary/aromatic N) is 2. The van der Waals surface area contributed by atoms with Gasteiger partial charge in [-0.05, 0) is 30.7 Å². The minimum atomic E-state index is -0.200. The monoisotopic (exact) mass is 251 g/mol. The first-order valence-electron chi connectivity index (χ1n) is 6.05. The lowest BCUT2D eigenvalue weighted by atomic mass is 10.3. The molecular formula is C15H13N3O. The number of carbonyl (C=O) groups is 1. The fraction of sp³-hybridized carbons (Fsp3) is 0.0667. The first-order chi connectivity index (χ1) is 9.24. The zero-order valence-electron chi connectivity index (χ0n) is 10.5. The molecule has 1 aromatic carbocycles. The lowest BCUT2D eigenvalue weighted by molar-refractivity contribution is 0.102. The molecule has 0 fully saturated rings. The van der Waals surface area contributed by atoms with Gasteiger partial charge in [0.15, 0.2) is 0 Å². The molecule has 1 N–H and O–H groups in total. The number of hydrogen-bond donors (Lipinski definition) is 1. The van der Waals surface area contributed by atoms with E-state index in [1.165, 1.54) is 0 Å². The number of fused-ring (bicyclic) bond motifs is 1. The van der Waals surface area contributed by atoms with Gasteiger partial charge in [-0.3, -0.25) is 4.79 Å². The Bertz CT molecular complexity index is 731. The number of amides is 1. The summed E-state index contributed by atoms with van der Waals surface area (Å²) >= 11 is 0. The summed E-state index contributed by atoms with van der Waals surface area (Å²) in [4.78, 5) is 16.5. The van der Waals surface area contributed by atoms with Gasteiger partial charge in [0.2, 0.25) is 0 Å². The van der Waals surface area contributed by atoms with Gasteiger partial charge in [0.1, 0.15) is 11.3 Å². The third kappa shape index (κ3) is 2.20. The van der Waals surface area contributed by atoms with Crippen molar-refractivity contribution in [1.29, 1.82) is 0 Å². The van der Waals surface area contributed by atoms with Crippen molar-refractivity contribution in [3.05, 3.63) is 66.1 Å². The molecule has 94 valence electrons. The minimum absolute atomic E-state index is 0.200. The summed E-state index contributed by atoms with van der Waals surface area (Å²) in [5.41, 5.74) is 3.03. The number of carbonyl (C=O) groups excluding carboxylic acids is 1. The predicted molar refractivity (Wildman–Crippen MR) is 74.3 cm³/mol. The second kappa shape index (κ2) is 4.57. The maximum atomic E-state index is 12.1. The van der Waals surface area contributed by atoms with Crippen molar-refractivity contribution >= 4 is 17.2 Å². The van der Waals surface area contributed by atoms with Gasteiger partial charge in [0.05, 0.1) is 0 Å². The number of para-hydroxylation sites is 1. The van der Waals surface area contributed by atoms with E-state index in [0.717, 1.165) is 16.9 Å². The fourth-order valence-electron chi connectivity index (χ4n) is 1.98. The van der Waals surface area contributed by atoms with Crippen LogP contribution in [0.2, 0.25) is 0 Å². The molecule has 1 amide bonds. The lowest BCUT2D eigenvalue weighted by Crippen LogP contribution is -2.12. The predicted octanol–water partition coefficient (Wildman–Crippen LogP) is 2.90. The summed E-state index contributed by atoms with van der Waals surface area (Å²) in [5.74, 6) is -0.200. The number of aromatic nitrogens is 2. The molecule has 4 nitrogen and oxygen atoms in total. The summed E-state index contributed by atoms with van der Waals surface area (Å²) in [6.07, 6.45) is 3.62. The van der Waals surface area contributed by atoms with E-state index in [9.17, 15) is 4.79 Å². The maximum Gasteiger partial charge on any atom is 0.275 e. The quantitative estimate of drug-likeness (QED) is 0.761. The smallest absolute Gasteiger partial charge is 0.275 e. The van der Waals surface area contributed by atoms with E-state index in [4.69, 9.17) is 0 Å². The Morgan fingerprint density at radius 2 is 1.95 bits per heavy atom. The SMILES string of the molecule is Cc1cccn2cc(C(=O)Nc3ccccc3)nc12. The van der Waals surface area contributed by atoms with Gasteiger partial charge in [-0.2, -0.15) is 0 Å². The first-order valence-corrected chi connectivity index (χ1v) is 6.05. The minimum Gasteiger partial charge on any atom is -0.321 e. The van der Waals surface area contributed by atoms with Crippen LogP contribution in [0.3, 0.4) is 0 Å². The summed E-state index contributed by atoms with van der Waals surface area (Å²) in [6.45, 7) is 1.97. The van der Waals surface area contributed by atoms with Gasteiger partial charge < -0.3 is 9.72 Å². The number of nitrogens with one attached hydrogen (secondary N) is 1. The van der Waals surface area contributed by atoms with E-state index in [1.54, 1.807) is 6.20 Å². The fourth-order valence-corrected chi connectivity index (χ4v) is 1.98. The van der Waals surface area contributed by atoms with Crippen LogP contribution in [-0.4, -0.2) is 15.3 Å². The molecule has 0 unspecified atom stereocenters. The second-order valence-electron chi connectivity index (χ2n) is 4.37. The summed E-state index contributed by atoms with van der Waals surface area (Å²) < 4.78 is 1.86. The van der Waals surface area contributed by atoms with Crippen molar-refractivity contribution in [2.45, 2.75) is 6.92 Å². The Morgan fingerprint density at radius 1 is 1.16 bits per heavy atom. The summed E-state index contributed by atoms with van der Waals surface area (Å²) in [7, 11) is 0. The van der Waals surface area contributed by atoms with Crippen LogP contribution in [0.5, 0.6) is 0 Å². The average Bonchev–Trinajstić information content (AvgIpc) is 2.85. The highest BCUT2D eigenvalue weighted by Crippen LogP contribution is 2.12. The Labute approximate surface area is 110 Å². The maximum absolute atomic E-state index is 12.1. The number of aryl methyl sites for hydroxylation is 1. The summed E-state index contributed by atoms with van der Waals surface area (Å²) in [6, 6.07) is 13.3. The van der Waals surface area contributed by atoms with E-state index < -0.39 is 0 Å². The molecule has 2 heterocycles. The second-order valence-corrected chi connectivity index (χ2v) is 4.37. The van der Waals surface area contributed by atoms with Gasteiger partial charge in [0, 0.05) is 18.1 Å². The van der Waals surface area contributed by atoms with Gasteiger partial charge in [0.25, 0.3) is 5.91 Å². The van der Waals surface area contributed by atoms with Crippen LogP contribution in [0.4, 0.5) is 5.69 Å². The van der Waals surface area contributed by atoms with Crippen molar-refractivity contribution in [2.24, 2.45) is 0 Å². The van der Waals surface area contributed by atoms with Crippen molar-refractivity contribution in [3.8, 4) is 0 Å². The molecule has 0 saturated carbocycles. The number of hydrogen-bond acceptors (Lipinski definition) is 2. The van der Waals surface area contributed by atoms with E-state index in [0.29, 0.717) is 5.69 Å². The van der Waals surface area contributed by atoms with Crippen LogP contribution in [0.1, 0.15) is 16.1 Å². The molecule has 0 atom stereocenters. The Balaban J connectivity index is 1.92. The van der Waals surface area contributed by atoms with E-state index in [2.05, 4.69) is 10.3 Å². The number of pyridine rings is 1. The number of rotatable bonds is 2. The van der Waals surface area contributed by atoms with Crippen molar-refractivity contribution in [3.63, 3.8) is 0 Å². The molecular weight excluding hydrogens is 238 g/mol. The Kier molecular flexibility index (Phi) is 2.76. The molecule has 0 bridgehead atoms. The zero-order chi connectivity index (χ0) is 13.2. The normalized spacial score (nSPS) is 10.6. The van der Waals surface area contributed by atoms with Gasteiger partial charge in [-0.1, -0.05) is 24.3 Å². The topological polar surface area (TPSA) is 46.4 Å². The molecule has 4 heteroatoms. The molecule has 3 aromatic rings. The van der Waals surface area contributed by atoms with Crippen LogP contribution in [-0.2, 0) is 0 Å². The molecule has 0 saturated heterocycles. The van der Waals surface area contributed by atoms with Crippen LogP contribution in [0, 0.1) is 6.92 Å². The third-order valence-electron chi connectivity index (χ3n) is 2.94. The molecule has 2 aromatic heterocycles. The van der Waals surface area contributed by atoms with Crippen LogP contribution < -0.4 is 5.32 Å².